The highest BCUT2D eigenvalue weighted by atomic mass is 16.5. The molecule has 0 amide bonds. The van der Waals surface area contributed by atoms with Crippen molar-refractivity contribution in [3.05, 3.63) is 52.1 Å². The van der Waals surface area contributed by atoms with Gasteiger partial charge in [-0.3, -0.25) is 0 Å². The Balaban J connectivity index is 2.59. The van der Waals surface area contributed by atoms with E-state index in [0.29, 0.717) is 10.5 Å². The lowest BCUT2D eigenvalue weighted by atomic mass is 10.3. The SMILES string of the molecule is O=c1c[n+]([O-])n(-c2ccccc2)[nH]1. The summed E-state index contributed by atoms with van der Waals surface area (Å²) in [6.07, 6.45) is 0.937. The first-order valence-electron chi connectivity index (χ1n) is 3.74. The van der Waals surface area contributed by atoms with Gasteiger partial charge < -0.3 is 5.21 Å². The fourth-order valence-electron chi connectivity index (χ4n) is 1.09. The summed E-state index contributed by atoms with van der Waals surface area (Å²) in [5, 5.41) is 13.5. The third-order valence-electron chi connectivity index (χ3n) is 1.64. The van der Waals surface area contributed by atoms with Crippen LogP contribution in [0.15, 0.2) is 41.3 Å². The second kappa shape index (κ2) is 2.78. The van der Waals surface area contributed by atoms with Crippen LogP contribution in [0.25, 0.3) is 5.69 Å². The molecule has 1 heterocycles. The average molecular weight is 177 g/mol. The van der Waals surface area contributed by atoms with Crippen LogP contribution in [0.3, 0.4) is 0 Å². The van der Waals surface area contributed by atoms with Crippen molar-refractivity contribution in [3.63, 3.8) is 0 Å². The zero-order valence-electron chi connectivity index (χ0n) is 6.68. The Morgan fingerprint density at radius 2 is 2.00 bits per heavy atom. The van der Waals surface area contributed by atoms with E-state index in [1.807, 2.05) is 6.07 Å². The molecule has 0 saturated heterocycles. The summed E-state index contributed by atoms with van der Waals surface area (Å²) in [6, 6.07) is 8.86. The molecule has 5 nitrogen and oxygen atoms in total. The van der Waals surface area contributed by atoms with Gasteiger partial charge in [0, 0.05) is 0 Å². The van der Waals surface area contributed by atoms with E-state index in [-0.39, 0.29) is 0 Å². The van der Waals surface area contributed by atoms with Crippen molar-refractivity contribution >= 4 is 0 Å². The molecule has 5 heteroatoms. The van der Waals surface area contributed by atoms with Gasteiger partial charge in [0.15, 0.2) is 0 Å². The minimum Gasteiger partial charge on any atom is -0.692 e. The van der Waals surface area contributed by atoms with Crippen LogP contribution in [0.2, 0.25) is 0 Å². The molecule has 0 saturated carbocycles. The molecule has 0 aliphatic heterocycles. The largest absolute Gasteiger partial charge is 0.692 e. The highest BCUT2D eigenvalue weighted by Crippen LogP contribution is 1.99. The maximum atomic E-state index is 11.1. The van der Waals surface area contributed by atoms with Crippen LogP contribution in [0.5, 0.6) is 0 Å². The van der Waals surface area contributed by atoms with Crippen LogP contribution in [-0.4, -0.2) is 9.90 Å². The van der Waals surface area contributed by atoms with Gasteiger partial charge in [-0.15, -0.1) is 5.10 Å². The monoisotopic (exact) mass is 177 g/mol. The Bertz CT molecular complexity index is 458. The van der Waals surface area contributed by atoms with Crippen LogP contribution < -0.4 is 10.4 Å². The van der Waals surface area contributed by atoms with Gasteiger partial charge in [0.25, 0.3) is 0 Å². The molecule has 66 valence electrons. The molecule has 0 spiro atoms. The number of rotatable bonds is 1. The van der Waals surface area contributed by atoms with E-state index >= 15 is 0 Å². The summed E-state index contributed by atoms with van der Waals surface area (Å²) in [7, 11) is 0. The molecule has 0 radical (unpaired) electrons. The molecule has 0 aliphatic carbocycles. The average Bonchev–Trinajstić information content (AvgIpc) is 2.47. The predicted octanol–water partition coefficient (Wildman–Crippen LogP) is -0.201. The van der Waals surface area contributed by atoms with E-state index in [9.17, 15) is 10.0 Å². The fourth-order valence-corrected chi connectivity index (χ4v) is 1.09. The maximum Gasteiger partial charge on any atom is 0.391 e. The summed E-state index contributed by atoms with van der Waals surface area (Å²) in [4.78, 5) is 12.4. The molecule has 0 atom stereocenters. The lowest BCUT2D eigenvalue weighted by Gasteiger charge is -2.02. The predicted molar refractivity (Wildman–Crippen MR) is 45.3 cm³/mol. The molecule has 13 heavy (non-hydrogen) atoms. The molecule has 0 aliphatic rings. The Morgan fingerprint density at radius 1 is 1.31 bits per heavy atom. The van der Waals surface area contributed by atoms with Crippen LogP contribution in [0, 0.1) is 5.21 Å². The van der Waals surface area contributed by atoms with Gasteiger partial charge in [-0.05, 0) is 16.9 Å². The van der Waals surface area contributed by atoms with E-state index < -0.39 is 5.56 Å². The Morgan fingerprint density at radius 3 is 2.54 bits per heavy atom. The summed E-state index contributed by atoms with van der Waals surface area (Å²) in [6.45, 7) is 0. The Hall–Kier alpha value is -2.04. The summed E-state index contributed by atoms with van der Waals surface area (Å²) < 4.78 is 0. The fraction of sp³-hybridized carbons (Fsp3) is 0. The normalized spacial score (nSPS) is 10.2. The minimum atomic E-state index is -0.418. The van der Waals surface area contributed by atoms with Crippen molar-refractivity contribution in [1.29, 1.82) is 0 Å². The van der Waals surface area contributed by atoms with Crippen molar-refractivity contribution in [3.8, 4) is 5.69 Å². The van der Waals surface area contributed by atoms with Crippen LogP contribution in [0.1, 0.15) is 0 Å². The van der Waals surface area contributed by atoms with E-state index in [4.69, 9.17) is 0 Å². The number of nitrogens with zero attached hydrogens (tertiary/aromatic N) is 2. The summed E-state index contributed by atoms with van der Waals surface area (Å²) >= 11 is 0. The molecule has 0 bridgehead atoms. The molecule has 0 fully saturated rings. The van der Waals surface area contributed by atoms with Crippen molar-refractivity contribution in [2.24, 2.45) is 0 Å². The molecule has 2 aromatic rings. The van der Waals surface area contributed by atoms with Gasteiger partial charge in [-0.1, -0.05) is 18.2 Å². The second-order valence-corrected chi connectivity index (χ2v) is 2.56. The third-order valence-corrected chi connectivity index (χ3v) is 1.64. The standard InChI is InChI=1S/C8H7N3O2/c12-8-6-10(13)11(9-8)7-4-2-1-3-5-7/h1-6H,(H,9,12). The topological polar surface area (TPSA) is 64.7 Å². The maximum absolute atomic E-state index is 11.1. The first-order valence-corrected chi connectivity index (χ1v) is 3.74. The number of hydrogen-bond acceptors (Lipinski definition) is 2. The molecule has 1 aromatic carbocycles. The van der Waals surface area contributed by atoms with Crippen LogP contribution in [-0.2, 0) is 0 Å². The van der Waals surface area contributed by atoms with Crippen LogP contribution >= 0.6 is 0 Å². The lowest BCUT2D eigenvalue weighted by Crippen LogP contribution is -2.36. The molecular formula is C8H7N3O2. The van der Waals surface area contributed by atoms with Crippen molar-refractivity contribution < 1.29 is 4.85 Å². The molecule has 1 aromatic heterocycles. The van der Waals surface area contributed by atoms with Gasteiger partial charge in [-0.25, -0.2) is 4.79 Å². The van der Waals surface area contributed by atoms with Gasteiger partial charge in [0.05, 0.1) is 0 Å². The molecular weight excluding hydrogens is 170 g/mol. The molecule has 1 N–H and O–H groups in total. The minimum absolute atomic E-state index is 0.418. The third kappa shape index (κ3) is 1.31. The zero-order chi connectivity index (χ0) is 9.26. The first kappa shape index (κ1) is 7.60. The van der Waals surface area contributed by atoms with Crippen molar-refractivity contribution in [2.45, 2.75) is 0 Å². The molecule has 2 rings (SSSR count). The van der Waals surface area contributed by atoms with E-state index in [1.54, 1.807) is 24.3 Å². The van der Waals surface area contributed by atoms with E-state index in [0.717, 1.165) is 11.0 Å². The number of hydrogen-bond donors (Lipinski definition) is 1. The number of aromatic amines is 1. The van der Waals surface area contributed by atoms with Gasteiger partial charge in [0.1, 0.15) is 5.69 Å². The van der Waals surface area contributed by atoms with Gasteiger partial charge in [-0.2, -0.15) is 4.85 Å². The number of benzene rings is 1. The number of para-hydroxylation sites is 1. The van der Waals surface area contributed by atoms with Crippen molar-refractivity contribution in [2.75, 3.05) is 0 Å². The van der Waals surface area contributed by atoms with Gasteiger partial charge >= 0.3 is 5.56 Å². The summed E-state index contributed by atoms with van der Waals surface area (Å²) in [5.41, 5.74) is 0.207. The summed E-state index contributed by atoms with van der Waals surface area (Å²) in [5.74, 6) is 0. The van der Waals surface area contributed by atoms with E-state index in [1.165, 1.54) is 0 Å². The van der Waals surface area contributed by atoms with E-state index in [2.05, 4.69) is 5.10 Å². The van der Waals surface area contributed by atoms with Crippen LogP contribution in [0.4, 0.5) is 0 Å². The number of aromatic nitrogens is 3. The highest BCUT2D eigenvalue weighted by molar-refractivity contribution is 5.27. The zero-order valence-corrected chi connectivity index (χ0v) is 6.68. The smallest absolute Gasteiger partial charge is 0.391 e. The lowest BCUT2D eigenvalue weighted by molar-refractivity contribution is -0.688. The van der Waals surface area contributed by atoms with Gasteiger partial charge in [0.2, 0.25) is 6.20 Å². The number of nitrogens with one attached hydrogen (secondary N) is 1. The van der Waals surface area contributed by atoms with Crippen molar-refractivity contribution in [1.82, 2.24) is 9.90 Å². The number of H-pyrrole nitrogens is 1. The molecule has 0 unspecified atom stereocenters. The highest BCUT2D eigenvalue weighted by Gasteiger charge is 2.04. The second-order valence-electron chi connectivity index (χ2n) is 2.56. The first-order chi connectivity index (χ1) is 6.27. The quantitative estimate of drug-likeness (QED) is 0.484. The Kier molecular flexibility index (Phi) is 1.63. The Labute approximate surface area is 73.4 Å².